The highest BCUT2D eigenvalue weighted by molar-refractivity contribution is 5.93. The van der Waals surface area contributed by atoms with E-state index in [4.69, 9.17) is 4.74 Å². The lowest BCUT2D eigenvalue weighted by Crippen LogP contribution is -2.32. The van der Waals surface area contributed by atoms with Gasteiger partial charge in [-0.2, -0.15) is 0 Å². The largest absolute Gasteiger partial charge is 0.444 e. The van der Waals surface area contributed by atoms with E-state index in [0.29, 0.717) is 5.69 Å². The van der Waals surface area contributed by atoms with E-state index in [9.17, 15) is 14.4 Å². The Morgan fingerprint density at radius 3 is 2.47 bits per heavy atom. The van der Waals surface area contributed by atoms with Crippen LogP contribution in [0.5, 0.6) is 0 Å². The summed E-state index contributed by atoms with van der Waals surface area (Å²) in [6, 6.07) is 1.29. The van der Waals surface area contributed by atoms with Crippen LogP contribution in [-0.2, 0) is 11.3 Å². The van der Waals surface area contributed by atoms with Gasteiger partial charge in [0.1, 0.15) is 5.60 Å². The number of carbonyl (C=O) groups excluding carboxylic acids is 2. The van der Waals surface area contributed by atoms with Crippen molar-refractivity contribution in [2.45, 2.75) is 39.8 Å². The summed E-state index contributed by atoms with van der Waals surface area (Å²) >= 11 is 0. The van der Waals surface area contributed by atoms with Crippen LogP contribution in [0.25, 0.3) is 0 Å². The quantitative estimate of drug-likeness (QED) is 0.813. The van der Waals surface area contributed by atoms with E-state index in [1.807, 2.05) is 0 Å². The second-order valence-electron chi connectivity index (χ2n) is 5.15. The molecule has 0 aliphatic heterocycles. The van der Waals surface area contributed by atoms with Crippen LogP contribution in [0.4, 0.5) is 4.79 Å². The summed E-state index contributed by atoms with van der Waals surface area (Å²) in [4.78, 5) is 36.9. The number of nitrogens with one attached hydrogen (secondary N) is 2. The number of hydrogen-bond acceptors (Lipinski definition) is 4. The molecule has 0 bridgehead atoms. The Bertz CT molecular complexity index is 540. The molecule has 0 atom stereocenters. The fourth-order valence-corrected chi connectivity index (χ4v) is 1.37. The highest BCUT2D eigenvalue weighted by Gasteiger charge is 2.15. The lowest BCUT2D eigenvalue weighted by molar-refractivity contribution is 0.0522. The first-order chi connectivity index (χ1) is 8.69. The van der Waals surface area contributed by atoms with Crippen LogP contribution in [0.15, 0.2) is 17.1 Å². The SMILES string of the molecule is CC(=O)c1c[nH]c(CNC(=O)OC(C)(C)C)cc1=O. The molecule has 0 radical (unpaired) electrons. The molecule has 104 valence electrons. The molecule has 1 rings (SSSR count). The van der Waals surface area contributed by atoms with E-state index in [1.165, 1.54) is 19.2 Å². The van der Waals surface area contributed by atoms with Gasteiger partial charge in [-0.15, -0.1) is 0 Å². The molecule has 2 N–H and O–H groups in total. The molecule has 0 aliphatic rings. The Morgan fingerprint density at radius 1 is 1.37 bits per heavy atom. The van der Waals surface area contributed by atoms with Gasteiger partial charge in [0.2, 0.25) is 0 Å². The second-order valence-corrected chi connectivity index (χ2v) is 5.15. The number of rotatable bonds is 3. The Morgan fingerprint density at radius 2 is 2.00 bits per heavy atom. The number of aromatic nitrogens is 1. The first-order valence-electron chi connectivity index (χ1n) is 5.88. The Labute approximate surface area is 111 Å². The van der Waals surface area contributed by atoms with Crippen molar-refractivity contribution in [2.75, 3.05) is 0 Å². The van der Waals surface area contributed by atoms with Crippen LogP contribution in [0.2, 0.25) is 0 Å². The average molecular weight is 266 g/mol. The zero-order chi connectivity index (χ0) is 14.6. The molecule has 1 amide bonds. The maximum Gasteiger partial charge on any atom is 0.407 e. The maximum absolute atomic E-state index is 11.6. The van der Waals surface area contributed by atoms with Gasteiger partial charge in [-0.3, -0.25) is 9.59 Å². The van der Waals surface area contributed by atoms with E-state index in [-0.39, 0.29) is 23.3 Å². The van der Waals surface area contributed by atoms with Crippen LogP contribution in [-0.4, -0.2) is 22.5 Å². The van der Waals surface area contributed by atoms with E-state index >= 15 is 0 Å². The van der Waals surface area contributed by atoms with Crippen LogP contribution in [0.1, 0.15) is 43.7 Å². The molecule has 0 aliphatic carbocycles. The van der Waals surface area contributed by atoms with Crippen LogP contribution >= 0.6 is 0 Å². The van der Waals surface area contributed by atoms with Gasteiger partial charge in [0.25, 0.3) is 0 Å². The normalized spacial score (nSPS) is 10.9. The fourth-order valence-electron chi connectivity index (χ4n) is 1.37. The van der Waals surface area contributed by atoms with E-state index < -0.39 is 11.7 Å². The second kappa shape index (κ2) is 5.69. The summed E-state index contributed by atoms with van der Waals surface area (Å²) in [5, 5.41) is 2.52. The van der Waals surface area contributed by atoms with Gasteiger partial charge < -0.3 is 15.0 Å². The van der Waals surface area contributed by atoms with Gasteiger partial charge >= 0.3 is 6.09 Å². The van der Waals surface area contributed by atoms with Gasteiger partial charge in [0, 0.05) is 18.0 Å². The first-order valence-corrected chi connectivity index (χ1v) is 5.88. The summed E-state index contributed by atoms with van der Waals surface area (Å²) in [7, 11) is 0. The smallest absolute Gasteiger partial charge is 0.407 e. The van der Waals surface area contributed by atoms with Crippen molar-refractivity contribution in [2.24, 2.45) is 0 Å². The Hall–Kier alpha value is -2.11. The standard InChI is InChI=1S/C13H18N2O4/c1-8(16)10-7-14-9(5-11(10)17)6-15-12(18)19-13(2,3)4/h5,7H,6H2,1-4H3,(H,14,17)(H,15,18). The predicted molar refractivity (Wildman–Crippen MR) is 70.1 cm³/mol. The summed E-state index contributed by atoms with van der Waals surface area (Å²) in [5.41, 5.74) is -0.343. The zero-order valence-corrected chi connectivity index (χ0v) is 11.5. The zero-order valence-electron chi connectivity index (χ0n) is 11.5. The molecule has 19 heavy (non-hydrogen) atoms. The highest BCUT2D eigenvalue weighted by Crippen LogP contribution is 2.06. The van der Waals surface area contributed by atoms with Crippen molar-refractivity contribution in [3.05, 3.63) is 33.7 Å². The van der Waals surface area contributed by atoms with Gasteiger partial charge in [0.15, 0.2) is 11.2 Å². The number of ketones is 1. The number of alkyl carbamates (subject to hydrolysis) is 1. The fraction of sp³-hybridized carbons (Fsp3) is 0.462. The molecule has 6 nitrogen and oxygen atoms in total. The van der Waals surface area contributed by atoms with Crippen molar-refractivity contribution >= 4 is 11.9 Å². The molecule has 1 aromatic heterocycles. The van der Waals surface area contributed by atoms with Gasteiger partial charge in [-0.25, -0.2) is 4.79 Å². The maximum atomic E-state index is 11.6. The number of H-pyrrole nitrogens is 1. The summed E-state index contributed by atoms with van der Waals surface area (Å²) in [5.74, 6) is -0.298. The lowest BCUT2D eigenvalue weighted by atomic mass is 10.2. The van der Waals surface area contributed by atoms with Crippen LogP contribution < -0.4 is 10.7 Å². The number of aromatic amines is 1. The number of carbonyl (C=O) groups is 2. The third-order valence-electron chi connectivity index (χ3n) is 2.17. The van der Waals surface area contributed by atoms with E-state index in [1.54, 1.807) is 20.8 Å². The number of amides is 1. The van der Waals surface area contributed by atoms with Gasteiger partial charge in [0.05, 0.1) is 12.1 Å². The van der Waals surface area contributed by atoms with Crippen molar-refractivity contribution in [1.29, 1.82) is 0 Å². The molecule has 0 saturated carbocycles. The molecule has 0 fully saturated rings. The summed E-state index contributed by atoms with van der Waals surface area (Å²) < 4.78 is 5.06. The van der Waals surface area contributed by atoms with Gasteiger partial charge in [-0.1, -0.05) is 0 Å². The first kappa shape index (κ1) is 14.9. The monoisotopic (exact) mass is 266 g/mol. The number of Topliss-reactive ketones (excluding diaryl/α,β-unsaturated/α-hetero) is 1. The van der Waals surface area contributed by atoms with Crippen molar-refractivity contribution in [3.63, 3.8) is 0 Å². The van der Waals surface area contributed by atoms with E-state index in [0.717, 1.165) is 0 Å². The molecule has 1 heterocycles. The molecular weight excluding hydrogens is 248 g/mol. The Balaban J connectivity index is 2.65. The predicted octanol–water partition coefficient (Wildman–Crippen LogP) is 1.60. The lowest BCUT2D eigenvalue weighted by Gasteiger charge is -2.19. The Kier molecular flexibility index (Phi) is 4.47. The average Bonchev–Trinajstić information content (AvgIpc) is 2.23. The molecule has 0 saturated heterocycles. The van der Waals surface area contributed by atoms with Crippen molar-refractivity contribution < 1.29 is 14.3 Å². The number of pyridine rings is 1. The molecule has 0 unspecified atom stereocenters. The third-order valence-corrected chi connectivity index (χ3v) is 2.17. The van der Waals surface area contributed by atoms with Crippen molar-refractivity contribution in [3.8, 4) is 0 Å². The van der Waals surface area contributed by atoms with Crippen LogP contribution in [0.3, 0.4) is 0 Å². The molecular formula is C13H18N2O4. The third kappa shape index (κ3) is 4.95. The topological polar surface area (TPSA) is 88.3 Å². The molecule has 1 aromatic rings. The van der Waals surface area contributed by atoms with Crippen LogP contribution in [0, 0.1) is 0 Å². The number of hydrogen-bond donors (Lipinski definition) is 2. The minimum absolute atomic E-state index is 0.0982. The van der Waals surface area contributed by atoms with Gasteiger partial charge in [-0.05, 0) is 27.7 Å². The van der Waals surface area contributed by atoms with Crippen molar-refractivity contribution in [1.82, 2.24) is 10.3 Å². The highest BCUT2D eigenvalue weighted by atomic mass is 16.6. The summed E-state index contributed by atoms with van der Waals surface area (Å²) in [6.07, 6.45) is 0.778. The minimum Gasteiger partial charge on any atom is -0.444 e. The summed E-state index contributed by atoms with van der Waals surface area (Å²) in [6.45, 7) is 6.73. The minimum atomic E-state index is -0.573. The number of ether oxygens (including phenoxy) is 1. The molecule has 0 spiro atoms. The molecule has 0 aromatic carbocycles. The molecule has 6 heteroatoms. The van der Waals surface area contributed by atoms with E-state index in [2.05, 4.69) is 10.3 Å².